The third-order valence-corrected chi connectivity index (χ3v) is 2.97. The van der Waals surface area contributed by atoms with E-state index < -0.39 is 0 Å². The summed E-state index contributed by atoms with van der Waals surface area (Å²) in [4.78, 5) is 0. The van der Waals surface area contributed by atoms with Crippen molar-refractivity contribution < 1.29 is 4.74 Å². The molecule has 0 aromatic heterocycles. The second kappa shape index (κ2) is 7.66. The van der Waals surface area contributed by atoms with Crippen molar-refractivity contribution in [1.29, 1.82) is 0 Å². The lowest BCUT2D eigenvalue weighted by Gasteiger charge is -2.25. The summed E-state index contributed by atoms with van der Waals surface area (Å²) >= 11 is 0. The van der Waals surface area contributed by atoms with Crippen LogP contribution in [0.5, 0.6) is 0 Å². The Morgan fingerprint density at radius 1 is 1.26 bits per heavy atom. The van der Waals surface area contributed by atoms with Crippen LogP contribution in [0.4, 0.5) is 0 Å². The summed E-state index contributed by atoms with van der Waals surface area (Å²) in [5.41, 5.74) is 2.63. The number of rotatable bonds is 7. The Balaban J connectivity index is 2.58. The third-order valence-electron chi connectivity index (χ3n) is 2.97. The first-order chi connectivity index (χ1) is 8.90. The van der Waals surface area contributed by atoms with Crippen molar-refractivity contribution in [2.24, 2.45) is 0 Å². The molecule has 2 heteroatoms. The van der Waals surface area contributed by atoms with E-state index in [1.807, 2.05) is 0 Å². The predicted molar refractivity (Wildman–Crippen MR) is 82.7 cm³/mol. The maximum atomic E-state index is 5.93. The van der Waals surface area contributed by atoms with Gasteiger partial charge in [0.2, 0.25) is 0 Å². The molecule has 1 aromatic carbocycles. The molecular weight excluding hydrogens is 234 g/mol. The summed E-state index contributed by atoms with van der Waals surface area (Å²) in [6.07, 6.45) is 2.18. The molecule has 0 aliphatic carbocycles. The lowest BCUT2D eigenvalue weighted by Crippen LogP contribution is -2.38. The van der Waals surface area contributed by atoms with Gasteiger partial charge in [0.05, 0.1) is 12.2 Å². The van der Waals surface area contributed by atoms with E-state index in [0.29, 0.717) is 6.04 Å². The fraction of sp³-hybridized carbons (Fsp3) is 0.647. The largest absolute Gasteiger partial charge is 0.374 e. The van der Waals surface area contributed by atoms with Gasteiger partial charge < -0.3 is 10.1 Å². The molecule has 0 radical (unpaired) electrons. The lowest BCUT2D eigenvalue weighted by atomic mass is 10.0. The molecule has 0 fully saturated rings. The fourth-order valence-electron chi connectivity index (χ4n) is 2.01. The van der Waals surface area contributed by atoms with Crippen LogP contribution < -0.4 is 5.32 Å². The van der Waals surface area contributed by atoms with Crippen LogP contribution in [0.25, 0.3) is 0 Å². The summed E-state index contributed by atoms with van der Waals surface area (Å²) in [6, 6.07) is 9.12. The summed E-state index contributed by atoms with van der Waals surface area (Å²) in [6.45, 7) is 12.5. The maximum absolute atomic E-state index is 5.93. The smallest absolute Gasteiger partial charge is 0.0629 e. The van der Waals surface area contributed by atoms with Crippen LogP contribution in [0.15, 0.2) is 24.3 Å². The summed E-state index contributed by atoms with van der Waals surface area (Å²) in [5.74, 6) is 0. The van der Waals surface area contributed by atoms with Crippen molar-refractivity contribution in [3.63, 3.8) is 0 Å². The van der Waals surface area contributed by atoms with Crippen LogP contribution in [-0.2, 0) is 11.2 Å². The van der Waals surface area contributed by atoms with Gasteiger partial charge in [0, 0.05) is 6.04 Å². The molecule has 0 saturated heterocycles. The quantitative estimate of drug-likeness (QED) is 0.809. The Hall–Kier alpha value is -0.860. The molecule has 1 N–H and O–H groups in total. The molecule has 108 valence electrons. The standard InChI is InChI=1S/C17H29NO/c1-6-10-18-16(13-19-17(3,4)5)12-15-9-7-8-14(2)11-15/h7-9,11,16,18H,6,10,12-13H2,1-5H3. The molecule has 1 rings (SSSR count). The van der Waals surface area contributed by atoms with Gasteiger partial charge >= 0.3 is 0 Å². The van der Waals surface area contributed by atoms with E-state index in [4.69, 9.17) is 4.74 Å². The van der Waals surface area contributed by atoms with Gasteiger partial charge in [-0.15, -0.1) is 0 Å². The maximum Gasteiger partial charge on any atom is 0.0629 e. The molecule has 1 atom stereocenters. The summed E-state index contributed by atoms with van der Waals surface area (Å²) < 4.78 is 5.93. The van der Waals surface area contributed by atoms with Crippen molar-refractivity contribution >= 4 is 0 Å². The Labute approximate surface area is 118 Å². The third kappa shape index (κ3) is 7.34. The van der Waals surface area contributed by atoms with Gasteiger partial charge in [-0.2, -0.15) is 0 Å². The Bertz CT molecular complexity index is 368. The lowest BCUT2D eigenvalue weighted by molar-refractivity contribution is -0.0143. The normalized spacial score (nSPS) is 13.5. The van der Waals surface area contributed by atoms with Crippen molar-refractivity contribution in [3.05, 3.63) is 35.4 Å². The van der Waals surface area contributed by atoms with Crippen LogP contribution in [0.3, 0.4) is 0 Å². The van der Waals surface area contributed by atoms with Crippen molar-refractivity contribution in [1.82, 2.24) is 5.32 Å². The number of nitrogens with one attached hydrogen (secondary N) is 1. The molecule has 1 unspecified atom stereocenters. The van der Waals surface area contributed by atoms with Crippen LogP contribution >= 0.6 is 0 Å². The summed E-state index contributed by atoms with van der Waals surface area (Å²) in [5, 5.41) is 3.58. The van der Waals surface area contributed by atoms with Crippen LogP contribution in [0, 0.1) is 6.92 Å². The first-order valence-corrected chi connectivity index (χ1v) is 7.33. The van der Waals surface area contributed by atoms with Crippen molar-refractivity contribution in [2.75, 3.05) is 13.2 Å². The highest BCUT2D eigenvalue weighted by Gasteiger charge is 2.15. The van der Waals surface area contributed by atoms with Gasteiger partial charge in [0.25, 0.3) is 0 Å². The average molecular weight is 263 g/mol. The van der Waals surface area contributed by atoms with E-state index in [1.54, 1.807) is 0 Å². The summed E-state index contributed by atoms with van der Waals surface area (Å²) in [7, 11) is 0. The average Bonchev–Trinajstić information content (AvgIpc) is 2.31. The molecule has 0 spiro atoms. The van der Waals surface area contributed by atoms with Crippen molar-refractivity contribution in [2.45, 2.75) is 59.1 Å². The Kier molecular flexibility index (Phi) is 6.53. The minimum Gasteiger partial charge on any atom is -0.374 e. The zero-order valence-electron chi connectivity index (χ0n) is 13.1. The van der Waals surface area contributed by atoms with Gasteiger partial charge in [0.15, 0.2) is 0 Å². The molecule has 0 aliphatic rings. The predicted octanol–water partition coefficient (Wildman–Crippen LogP) is 3.72. The van der Waals surface area contributed by atoms with E-state index in [0.717, 1.165) is 26.0 Å². The number of hydrogen-bond donors (Lipinski definition) is 1. The second-order valence-corrected chi connectivity index (χ2v) is 6.27. The Morgan fingerprint density at radius 2 is 2.00 bits per heavy atom. The number of hydrogen-bond acceptors (Lipinski definition) is 2. The minimum atomic E-state index is -0.0707. The first-order valence-electron chi connectivity index (χ1n) is 7.33. The highest BCUT2D eigenvalue weighted by Crippen LogP contribution is 2.11. The molecule has 19 heavy (non-hydrogen) atoms. The van der Waals surface area contributed by atoms with E-state index in [1.165, 1.54) is 11.1 Å². The first kappa shape index (κ1) is 16.2. The van der Waals surface area contributed by atoms with E-state index in [2.05, 4.69) is 64.2 Å². The van der Waals surface area contributed by atoms with Gasteiger partial charge in [0.1, 0.15) is 0 Å². The number of aryl methyl sites for hydroxylation is 1. The molecule has 0 amide bonds. The molecular formula is C17H29NO. The second-order valence-electron chi connectivity index (χ2n) is 6.27. The zero-order valence-corrected chi connectivity index (χ0v) is 13.1. The SMILES string of the molecule is CCCNC(COC(C)(C)C)Cc1cccc(C)c1. The molecule has 0 bridgehead atoms. The molecule has 0 heterocycles. The molecule has 0 saturated carbocycles. The number of benzene rings is 1. The number of ether oxygens (including phenoxy) is 1. The highest BCUT2D eigenvalue weighted by molar-refractivity contribution is 5.23. The van der Waals surface area contributed by atoms with Crippen LogP contribution in [-0.4, -0.2) is 24.8 Å². The minimum absolute atomic E-state index is 0.0707. The fourth-order valence-corrected chi connectivity index (χ4v) is 2.01. The van der Waals surface area contributed by atoms with E-state index in [-0.39, 0.29) is 5.60 Å². The monoisotopic (exact) mass is 263 g/mol. The van der Waals surface area contributed by atoms with E-state index in [9.17, 15) is 0 Å². The molecule has 0 aliphatic heterocycles. The van der Waals surface area contributed by atoms with Gasteiger partial charge in [-0.05, 0) is 52.6 Å². The Morgan fingerprint density at radius 3 is 2.58 bits per heavy atom. The zero-order chi connectivity index (χ0) is 14.3. The van der Waals surface area contributed by atoms with Gasteiger partial charge in [-0.3, -0.25) is 0 Å². The van der Waals surface area contributed by atoms with Crippen molar-refractivity contribution in [3.8, 4) is 0 Å². The van der Waals surface area contributed by atoms with Crippen LogP contribution in [0.2, 0.25) is 0 Å². The molecule has 2 nitrogen and oxygen atoms in total. The van der Waals surface area contributed by atoms with Gasteiger partial charge in [-0.25, -0.2) is 0 Å². The molecule has 1 aromatic rings. The van der Waals surface area contributed by atoms with E-state index >= 15 is 0 Å². The van der Waals surface area contributed by atoms with Crippen LogP contribution in [0.1, 0.15) is 45.2 Å². The highest BCUT2D eigenvalue weighted by atomic mass is 16.5. The topological polar surface area (TPSA) is 21.3 Å². The van der Waals surface area contributed by atoms with Gasteiger partial charge in [-0.1, -0.05) is 36.8 Å².